The Bertz CT molecular complexity index is 1270. The number of nitrogens with one attached hydrogen (secondary N) is 1. The van der Waals surface area contributed by atoms with Crippen LogP contribution in [0, 0.1) is 0 Å². The van der Waals surface area contributed by atoms with Crippen molar-refractivity contribution in [3.8, 4) is 16.3 Å². The van der Waals surface area contributed by atoms with Gasteiger partial charge >= 0.3 is 0 Å². The summed E-state index contributed by atoms with van der Waals surface area (Å²) in [5.41, 5.74) is 2.35. The molecule has 0 atom stereocenters. The lowest BCUT2D eigenvalue weighted by molar-refractivity contribution is 0.0783. The lowest BCUT2D eigenvalue weighted by Crippen LogP contribution is -2.36. The van der Waals surface area contributed by atoms with Crippen molar-refractivity contribution in [2.75, 3.05) is 43.6 Å². The predicted octanol–water partition coefficient (Wildman–Crippen LogP) is 3.67. The van der Waals surface area contributed by atoms with E-state index in [2.05, 4.69) is 26.3 Å². The SMILES string of the molecule is COc1cc(Nc2nc(-c3cnc(C(C)(C)O)s3)cn3ccnc23)ccc1N1CCOCC1. The summed E-state index contributed by atoms with van der Waals surface area (Å²) < 4.78 is 13.1. The van der Waals surface area contributed by atoms with Crippen LogP contribution in [-0.4, -0.2) is 57.9 Å². The van der Waals surface area contributed by atoms with E-state index in [1.807, 2.05) is 28.9 Å². The minimum absolute atomic E-state index is 0.622. The van der Waals surface area contributed by atoms with Gasteiger partial charge in [-0.1, -0.05) is 0 Å². The first-order valence-corrected chi connectivity index (χ1v) is 11.5. The van der Waals surface area contributed by atoms with Crippen molar-refractivity contribution in [3.63, 3.8) is 0 Å². The highest BCUT2D eigenvalue weighted by Crippen LogP contribution is 2.35. The molecule has 4 heterocycles. The number of ether oxygens (including phenoxy) is 2. The first kappa shape index (κ1) is 21.6. The molecule has 4 aromatic rings. The molecule has 1 aromatic carbocycles. The van der Waals surface area contributed by atoms with E-state index in [0.717, 1.165) is 40.8 Å². The Hall–Kier alpha value is -3.21. The summed E-state index contributed by atoms with van der Waals surface area (Å²) in [5.74, 6) is 1.41. The Labute approximate surface area is 195 Å². The third kappa shape index (κ3) is 4.37. The molecule has 0 unspecified atom stereocenters. The van der Waals surface area contributed by atoms with Gasteiger partial charge in [-0.25, -0.2) is 15.0 Å². The van der Waals surface area contributed by atoms with Crippen LogP contribution in [0.25, 0.3) is 16.2 Å². The van der Waals surface area contributed by atoms with Crippen LogP contribution < -0.4 is 15.0 Å². The van der Waals surface area contributed by atoms with Crippen LogP contribution >= 0.6 is 11.3 Å². The highest BCUT2D eigenvalue weighted by molar-refractivity contribution is 7.15. The zero-order valence-corrected chi connectivity index (χ0v) is 19.6. The maximum Gasteiger partial charge on any atom is 0.180 e. The van der Waals surface area contributed by atoms with E-state index in [0.29, 0.717) is 29.7 Å². The zero-order chi connectivity index (χ0) is 23.0. The number of fused-ring (bicyclic) bond motifs is 1. The number of rotatable bonds is 6. The molecule has 1 aliphatic rings. The largest absolute Gasteiger partial charge is 0.495 e. The van der Waals surface area contributed by atoms with Gasteiger partial charge in [-0.05, 0) is 26.0 Å². The molecule has 33 heavy (non-hydrogen) atoms. The molecule has 0 saturated carbocycles. The Morgan fingerprint density at radius 3 is 2.76 bits per heavy atom. The smallest absolute Gasteiger partial charge is 0.180 e. The fourth-order valence-electron chi connectivity index (χ4n) is 3.77. The minimum Gasteiger partial charge on any atom is -0.495 e. The number of methoxy groups -OCH3 is 1. The third-order valence-corrected chi connectivity index (χ3v) is 6.78. The van der Waals surface area contributed by atoms with Crippen LogP contribution in [0.3, 0.4) is 0 Å². The van der Waals surface area contributed by atoms with Crippen LogP contribution in [0.2, 0.25) is 0 Å². The number of morpholine rings is 1. The van der Waals surface area contributed by atoms with Crippen molar-refractivity contribution >= 4 is 34.2 Å². The number of imidazole rings is 1. The molecule has 0 radical (unpaired) electrons. The fraction of sp³-hybridized carbons (Fsp3) is 0.348. The van der Waals surface area contributed by atoms with E-state index < -0.39 is 5.60 Å². The number of aliphatic hydroxyl groups is 1. The van der Waals surface area contributed by atoms with E-state index >= 15 is 0 Å². The summed E-state index contributed by atoms with van der Waals surface area (Å²) in [6.45, 7) is 6.55. The van der Waals surface area contributed by atoms with Gasteiger partial charge in [0.2, 0.25) is 0 Å². The number of hydrogen-bond acceptors (Lipinski definition) is 9. The van der Waals surface area contributed by atoms with Gasteiger partial charge in [-0.2, -0.15) is 0 Å². The summed E-state index contributed by atoms with van der Waals surface area (Å²) in [7, 11) is 1.68. The van der Waals surface area contributed by atoms with Crippen molar-refractivity contribution in [1.29, 1.82) is 0 Å². The maximum atomic E-state index is 10.3. The molecule has 5 rings (SSSR count). The molecule has 0 spiro atoms. The maximum absolute atomic E-state index is 10.3. The molecule has 10 heteroatoms. The highest BCUT2D eigenvalue weighted by atomic mass is 32.1. The summed E-state index contributed by atoms with van der Waals surface area (Å²) >= 11 is 1.42. The van der Waals surface area contributed by atoms with Gasteiger partial charge in [-0.3, -0.25) is 0 Å². The molecule has 0 aliphatic carbocycles. The van der Waals surface area contributed by atoms with Gasteiger partial charge in [0.05, 0.1) is 30.9 Å². The Balaban J connectivity index is 1.49. The molecule has 1 saturated heterocycles. The molecular formula is C23H26N6O3S. The number of anilines is 3. The van der Waals surface area contributed by atoms with Crippen LogP contribution in [0.1, 0.15) is 18.9 Å². The Kier molecular flexibility index (Phi) is 5.65. The van der Waals surface area contributed by atoms with Crippen molar-refractivity contribution in [1.82, 2.24) is 19.4 Å². The third-order valence-electron chi connectivity index (χ3n) is 5.45. The molecule has 1 fully saturated rings. The predicted molar refractivity (Wildman–Crippen MR) is 129 cm³/mol. The van der Waals surface area contributed by atoms with Gasteiger partial charge in [-0.15, -0.1) is 11.3 Å². The van der Waals surface area contributed by atoms with Gasteiger partial charge in [0.15, 0.2) is 11.5 Å². The number of benzene rings is 1. The summed E-state index contributed by atoms with van der Waals surface area (Å²) in [5, 5.41) is 14.3. The number of hydrogen-bond donors (Lipinski definition) is 2. The molecule has 2 N–H and O–H groups in total. The van der Waals surface area contributed by atoms with Crippen molar-refractivity contribution < 1.29 is 14.6 Å². The van der Waals surface area contributed by atoms with Gasteiger partial charge in [0.25, 0.3) is 0 Å². The lowest BCUT2D eigenvalue weighted by Gasteiger charge is -2.30. The quantitative estimate of drug-likeness (QED) is 0.444. The molecule has 9 nitrogen and oxygen atoms in total. The van der Waals surface area contributed by atoms with Crippen molar-refractivity contribution in [3.05, 3.63) is 48.0 Å². The second kappa shape index (κ2) is 8.62. The average molecular weight is 467 g/mol. The summed E-state index contributed by atoms with van der Waals surface area (Å²) in [6.07, 6.45) is 7.28. The van der Waals surface area contributed by atoms with Gasteiger partial charge in [0, 0.05) is 49.6 Å². The minimum atomic E-state index is -0.998. The van der Waals surface area contributed by atoms with E-state index in [1.54, 1.807) is 33.4 Å². The molecule has 172 valence electrons. The van der Waals surface area contributed by atoms with Crippen LogP contribution in [0.4, 0.5) is 17.2 Å². The Morgan fingerprint density at radius 2 is 2.03 bits per heavy atom. The first-order chi connectivity index (χ1) is 15.9. The van der Waals surface area contributed by atoms with E-state index in [4.69, 9.17) is 14.5 Å². The van der Waals surface area contributed by atoms with Crippen molar-refractivity contribution in [2.45, 2.75) is 19.4 Å². The van der Waals surface area contributed by atoms with Crippen LogP contribution in [0.5, 0.6) is 5.75 Å². The van der Waals surface area contributed by atoms with Gasteiger partial charge in [0.1, 0.15) is 22.1 Å². The summed E-state index contributed by atoms with van der Waals surface area (Å²) in [4.78, 5) is 16.8. The molecule has 3 aromatic heterocycles. The second-order valence-electron chi connectivity index (χ2n) is 8.33. The van der Waals surface area contributed by atoms with Crippen molar-refractivity contribution in [2.24, 2.45) is 0 Å². The molecule has 1 aliphatic heterocycles. The standard InChI is InChI=1S/C23H26N6O3S/c1-23(2,30)22-25-13-19(33-22)16-14-29-7-6-24-21(29)20(27-16)26-15-4-5-17(18(12-15)31-3)28-8-10-32-11-9-28/h4-7,12-14,30H,8-11H2,1-3H3,(H,26,27). The highest BCUT2D eigenvalue weighted by Gasteiger charge is 2.22. The van der Waals surface area contributed by atoms with Gasteiger partial charge < -0.3 is 29.2 Å². The molecule has 0 bridgehead atoms. The first-order valence-electron chi connectivity index (χ1n) is 10.7. The monoisotopic (exact) mass is 466 g/mol. The number of nitrogens with zero attached hydrogens (tertiary/aromatic N) is 5. The average Bonchev–Trinajstić information content (AvgIpc) is 3.49. The lowest BCUT2D eigenvalue weighted by atomic mass is 10.2. The molecular weight excluding hydrogens is 440 g/mol. The van der Waals surface area contributed by atoms with Crippen LogP contribution in [-0.2, 0) is 10.3 Å². The summed E-state index contributed by atoms with van der Waals surface area (Å²) in [6, 6.07) is 6.04. The van der Waals surface area contributed by atoms with E-state index in [-0.39, 0.29) is 0 Å². The topological polar surface area (TPSA) is 97.0 Å². The second-order valence-corrected chi connectivity index (χ2v) is 9.36. The molecule has 0 amide bonds. The van der Waals surface area contributed by atoms with Crippen LogP contribution in [0.15, 0.2) is 43.0 Å². The fourth-order valence-corrected chi connectivity index (χ4v) is 4.64. The van der Waals surface area contributed by atoms with E-state index in [9.17, 15) is 5.11 Å². The number of aromatic nitrogens is 4. The number of thiazole rings is 1. The zero-order valence-electron chi connectivity index (χ0n) is 18.8. The Morgan fingerprint density at radius 1 is 1.21 bits per heavy atom. The van der Waals surface area contributed by atoms with E-state index in [1.165, 1.54) is 11.3 Å². The normalized spacial score (nSPS) is 14.6.